The third-order valence-electron chi connectivity index (χ3n) is 3.14. The minimum absolute atomic E-state index is 0.245. The van der Waals surface area contributed by atoms with Crippen LogP contribution in [0, 0.1) is 11.8 Å². The van der Waals surface area contributed by atoms with Crippen LogP contribution in [0.25, 0.3) is 0 Å². The first-order valence-electron chi connectivity index (χ1n) is 7.19. The van der Waals surface area contributed by atoms with Crippen molar-refractivity contribution in [1.82, 2.24) is 0 Å². The van der Waals surface area contributed by atoms with Crippen molar-refractivity contribution >= 4 is 5.97 Å². The van der Waals surface area contributed by atoms with Gasteiger partial charge in [-0.25, -0.2) is 4.79 Å². The lowest BCUT2D eigenvalue weighted by Gasteiger charge is -2.12. The Labute approximate surface area is 130 Å². The molecule has 112 valence electrons. The van der Waals surface area contributed by atoms with Crippen molar-refractivity contribution in [3.8, 4) is 11.8 Å². The summed E-state index contributed by atoms with van der Waals surface area (Å²) in [5.41, 5.74) is 1.66. The van der Waals surface area contributed by atoms with Crippen LogP contribution in [0.3, 0.4) is 0 Å². The van der Waals surface area contributed by atoms with Gasteiger partial charge in [0, 0.05) is 0 Å². The summed E-state index contributed by atoms with van der Waals surface area (Å²) in [6.07, 6.45) is 0.823. The monoisotopic (exact) mass is 294 g/mol. The van der Waals surface area contributed by atoms with E-state index in [-0.39, 0.29) is 6.61 Å². The van der Waals surface area contributed by atoms with E-state index in [0.29, 0.717) is 12.0 Å². The highest BCUT2D eigenvalue weighted by atomic mass is 16.5. The molecule has 0 bridgehead atoms. The summed E-state index contributed by atoms with van der Waals surface area (Å²) < 4.78 is 5.44. The molecule has 0 aromatic heterocycles. The van der Waals surface area contributed by atoms with E-state index in [1.807, 2.05) is 36.4 Å². The Hall–Kier alpha value is -2.57. The second kappa shape index (κ2) is 8.66. The van der Waals surface area contributed by atoms with E-state index in [4.69, 9.17) is 9.84 Å². The first-order chi connectivity index (χ1) is 10.8. The van der Waals surface area contributed by atoms with E-state index in [0.717, 1.165) is 12.0 Å². The largest absolute Gasteiger partial charge is 0.446 e. The second-order valence-electron chi connectivity index (χ2n) is 4.76. The number of benzene rings is 2. The molecule has 1 N–H and O–H groups in total. The highest BCUT2D eigenvalue weighted by Crippen LogP contribution is 2.10. The topological polar surface area (TPSA) is 46.5 Å². The van der Waals surface area contributed by atoms with E-state index >= 15 is 0 Å². The normalized spacial score (nSPS) is 11.1. The summed E-state index contributed by atoms with van der Waals surface area (Å²) >= 11 is 0. The van der Waals surface area contributed by atoms with Crippen molar-refractivity contribution in [2.75, 3.05) is 6.61 Å². The molecule has 2 aromatic rings. The molecule has 0 saturated carbocycles. The highest BCUT2D eigenvalue weighted by molar-refractivity contribution is 5.89. The fourth-order valence-electron chi connectivity index (χ4n) is 2.03. The van der Waals surface area contributed by atoms with Gasteiger partial charge in [-0.2, -0.15) is 0 Å². The molecule has 0 aliphatic rings. The number of aliphatic hydroxyl groups is 1. The molecule has 2 rings (SSSR count). The number of carbonyl (C=O) groups is 1. The summed E-state index contributed by atoms with van der Waals surface area (Å²) in [7, 11) is 0. The first kappa shape index (κ1) is 15.8. The van der Waals surface area contributed by atoms with Crippen molar-refractivity contribution < 1.29 is 14.6 Å². The molecule has 2 aromatic carbocycles. The number of esters is 1. The van der Waals surface area contributed by atoms with Crippen LogP contribution in [-0.4, -0.2) is 23.8 Å². The first-order valence-corrected chi connectivity index (χ1v) is 7.19. The zero-order valence-corrected chi connectivity index (χ0v) is 12.2. The van der Waals surface area contributed by atoms with Crippen molar-refractivity contribution in [3.05, 3.63) is 71.8 Å². The zero-order chi connectivity index (χ0) is 15.6. The molecule has 0 aliphatic heterocycles. The van der Waals surface area contributed by atoms with Crippen LogP contribution < -0.4 is 0 Å². The molecule has 0 radical (unpaired) electrons. The number of hydrogen-bond acceptors (Lipinski definition) is 3. The van der Waals surface area contributed by atoms with Crippen LogP contribution in [0.15, 0.2) is 60.7 Å². The van der Waals surface area contributed by atoms with Crippen molar-refractivity contribution in [1.29, 1.82) is 0 Å². The van der Waals surface area contributed by atoms with Gasteiger partial charge >= 0.3 is 5.97 Å². The maximum absolute atomic E-state index is 12.1. The smallest absolute Gasteiger partial charge is 0.339 e. The number of ether oxygens (including phenoxy) is 1. The second-order valence-corrected chi connectivity index (χ2v) is 4.76. The SMILES string of the molecule is O=C(OC(C#CCO)CCc1ccccc1)c1ccccc1. The predicted molar refractivity (Wildman–Crippen MR) is 85.3 cm³/mol. The van der Waals surface area contributed by atoms with Crippen LogP contribution in [-0.2, 0) is 11.2 Å². The molecule has 3 nitrogen and oxygen atoms in total. The number of carbonyl (C=O) groups excluding carboxylic acids is 1. The van der Waals surface area contributed by atoms with Crippen molar-refractivity contribution in [2.24, 2.45) is 0 Å². The Bertz CT molecular complexity index is 639. The number of aliphatic hydroxyl groups excluding tert-OH is 1. The molecule has 0 spiro atoms. The predicted octanol–water partition coefficient (Wildman–Crippen LogP) is 2.84. The fourth-order valence-corrected chi connectivity index (χ4v) is 2.03. The Morgan fingerprint density at radius 3 is 2.32 bits per heavy atom. The molecule has 0 amide bonds. The molecule has 22 heavy (non-hydrogen) atoms. The van der Waals surface area contributed by atoms with E-state index < -0.39 is 12.1 Å². The maximum atomic E-state index is 12.1. The maximum Gasteiger partial charge on any atom is 0.339 e. The van der Waals surface area contributed by atoms with Gasteiger partial charge in [-0.1, -0.05) is 60.4 Å². The molecular formula is C19H18O3. The standard InChI is InChI=1S/C19H18O3/c20-15-7-12-18(14-13-16-8-3-1-4-9-16)22-19(21)17-10-5-2-6-11-17/h1-6,8-11,18,20H,13-15H2. The molecule has 1 unspecified atom stereocenters. The molecule has 0 fully saturated rings. The molecule has 1 atom stereocenters. The molecule has 0 aliphatic carbocycles. The van der Waals surface area contributed by atoms with Crippen molar-refractivity contribution in [2.45, 2.75) is 18.9 Å². The van der Waals surface area contributed by atoms with Gasteiger partial charge in [-0.05, 0) is 30.5 Å². The average Bonchev–Trinajstić information content (AvgIpc) is 2.59. The summed E-state index contributed by atoms with van der Waals surface area (Å²) in [6, 6.07) is 18.8. The van der Waals surface area contributed by atoms with Crippen LogP contribution in [0.5, 0.6) is 0 Å². The van der Waals surface area contributed by atoms with Crippen LogP contribution in [0.4, 0.5) is 0 Å². The zero-order valence-electron chi connectivity index (χ0n) is 12.2. The Balaban J connectivity index is 1.98. The van der Waals surface area contributed by atoms with Gasteiger partial charge in [0.05, 0.1) is 5.56 Å². The van der Waals surface area contributed by atoms with Gasteiger partial charge in [0.15, 0.2) is 6.10 Å². The van der Waals surface area contributed by atoms with Gasteiger partial charge < -0.3 is 9.84 Å². The Kier molecular flexibility index (Phi) is 6.22. The summed E-state index contributed by atoms with van der Waals surface area (Å²) in [4.78, 5) is 12.1. The van der Waals surface area contributed by atoms with Gasteiger partial charge in [0.25, 0.3) is 0 Å². The van der Waals surface area contributed by atoms with Gasteiger partial charge in [-0.3, -0.25) is 0 Å². The molecule has 3 heteroatoms. The lowest BCUT2D eigenvalue weighted by Crippen LogP contribution is -2.17. The van der Waals surface area contributed by atoms with E-state index in [9.17, 15) is 4.79 Å². The van der Waals surface area contributed by atoms with E-state index in [2.05, 4.69) is 11.8 Å². The lowest BCUT2D eigenvalue weighted by atomic mass is 10.1. The van der Waals surface area contributed by atoms with Crippen LogP contribution >= 0.6 is 0 Å². The van der Waals surface area contributed by atoms with Crippen molar-refractivity contribution in [3.63, 3.8) is 0 Å². The third kappa shape index (κ3) is 5.08. The molecular weight excluding hydrogens is 276 g/mol. The van der Waals surface area contributed by atoms with Gasteiger partial charge in [-0.15, -0.1) is 0 Å². The molecule has 0 saturated heterocycles. The fraction of sp³-hybridized carbons (Fsp3) is 0.211. The average molecular weight is 294 g/mol. The third-order valence-corrected chi connectivity index (χ3v) is 3.14. The van der Waals surface area contributed by atoms with Crippen LogP contribution in [0.2, 0.25) is 0 Å². The Morgan fingerprint density at radius 1 is 1.05 bits per heavy atom. The quantitative estimate of drug-likeness (QED) is 0.681. The lowest BCUT2D eigenvalue weighted by molar-refractivity contribution is 0.0397. The highest BCUT2D eigenvalue weighted by Gasteiger charge is 2.13. The van der Waals surface area contributed by atoms with Gasteiger partial charge in [0.2, 0.25) is 0 Å². The number of aryl methyl sites for hydroxylation is 1. The van der Waals surface area contributed by atoms with Gasteiger partial charge in [0.1, 0.15) is 6.61 Å². The number of rotatable bonds is 5. The van der Waals surface area contributed by atoms with E-state index in [1.165, 1.54) is 0 Å². The Morgan fingerprint density at radius 2 is 1.68 bits per heavy atom. The summed E-state index contributed by atoms with van der Waals surface area (Å²) in [6.45, 7) is -0.245. The summed E-state index contributed by atoms with van der Waals surface area (Å²) in [5, 5.41) is 8.84. The number of hydrogen-bond donors (Lipinski definition) is 1. The minimum Gasteiger partial charge on any atom is -0.446 e. The molecule has 0 heterocycles. The summed E-state index contributed by atoms with van der Waals surface area (Å²) in [5.74, 6) is 4.97. The minimum atomic E-state index is -0.528. The van der Waals surface area contributed by atoms with E-state index in [1.54, 1.807) is 24.3 Å². The van der Waals surface area contributed by atoms with Crippen LogP contribution in [0.1, 0.15) is 22.3 Å².